The summed E-state index contributed by atoms with van der Waals surface area (Å²) in [5.41, 5.74) is -8.27. The molecule has 196 valence electrons. The average Bonchev–Trinajstić information content (AvgIpc) is 2.80. The number of benzene rings is 3. The van der Waals surface area contributed by atoms with Gasteiger partial charge in [0.1, 0.15) is 11.5 Å². The van der Waals surface area contributed by atoms with Crippen molar-refractivity contribution < 1.29 is 46.1 Å². The zero-order valence-electron chi connectivity index (χ0n) is 19.3. The lowest BCUT2D eigenvalue weighted by Crippen LogP contribution is -2.54. The van der Waals surface area contributed by atoms with Crippen LogP contribution in [0.3, 0.4) is 0 Å². The van der Waals surface area contributed by atoms with Crippen LogP contribution in [0.15, 0.2) is 60.7 Å². The molecule has 0 aliphatic rings. The molecule has 0 saturated carbocycles. The highest BCUT2D eigenvalue weighted by Crippen LogP contribution is 2.57. The molecule has 4 N–H and O–H groups in total. The lowest BCUT2D eigenvalue weighted by Gasteiger charge is -2.38. The van der Waals surface area contributed by atoms with Crippen molar-refractivity contribution in [2.45, 2.75) is 24.7 Å². The van der Waals surface area contributed by atoms with E-state index in [1.165, 1.54) is 38.2 Å². The van der Waals surface area contributed by atoms with E-state index in [4.69, 9.17) is 0 Å². The van der Waals surface area contributed by atoms with E-state index < -0.39 is 52.0 Å². The van der Waals surface area contributed by atoms with Gasteiger partial charge in [0.15, 0.2) is 5.78 Å². The van der Waals surface area contributed by atoms with E-state index >= 15 is 0 Å². The van der Waals surface area contributed by atoms with Crippen LogP contribution in [-0.2, 0) is 5.41 Å². The van der Waals surface area contributed by atoms with Crippen LogP contribution in [0.4, 0.5) is 37.7 Å². The standard InChI is InChI=1S/C25H20F6N2O4/c1-13(34)14-4-3-5-15(10-14)22(37)33-19-12-17(7-9-21(19)36)23(24(26,27)28,25(29,30)31)16-6-8-20(35)18(11-16)32-2/h3-12,32,35-36H,1-2H3,(H,33,37). The number of carbonyl (C=O) groups excluding carboxylic acids is 2. The summed E-state index contributed by atoms with van der Waals surface area (Å²) in [6.07, 6.45) is -11.9. The number of hydrogen-bond acceptors (Lipinski definition) is 5. The van der Waals surface area contributed by atoms with Gasteiger partial charge in [0.2, 0.25) is 5.41 Å². The highest BCUT2D eigenvalue weighted by molar-refractivity contribution is 6.06. The van der Waals surface area contributed by atoms with Gasteiger partial charge in [0.25, 0.3) is 5.91 Å². The SMILES string of the molecule is CNc1cc(C(c2ccc(O)c(NC(=O)c3cccc(C(C)=O)c3)c2)(C(F)(F)F)C(F)(F)F)ccc1O. The van der Waals surface area contributed by atoms with E-state index in [1.807, 2.05) is 0 Å². The summed E-state index contributed by atoms with van der Waals surface area (Å²) >= 11 is 0. The van der Waals surface area contributed by atoms with Crippen molar-refractivity contribution in [3.05, 3.63) is 82.9 Å². The normalized spacial score (nSPS) is 12.2. The van der Waals surface area contributed by atoms with Crippen molar-refractivity contribution in [2.75, 3.05) is 17.7 Å². The minimum Gasteiger partial charge on any atom is -0.506 e. The van der Waals surface area contributed by atoms with Gasteiger partial charge in [0.05, 0.1) is 11.4 Å². The van der Waals surface area contributed by atoms with Gasteiger partial charge in [-0.3, -0.25) is 9.59 Å². The number of aromatic hydroxyl groups is 2. The number of halogens is 6. The Hall–Kier alpha value is -4.22. The summed E-state index contributed by atoms with van der Waals surface area (Å²) < 4.78 is 86.8. The molecular weight excluding hydrogens is 506 g/mol. The minimum absolute atomic E-state index is 0.118. The summed E-state index contributed by atoms with van der Waals surface area (Å²) in [6, 6.07) is 8.38. The van der Waals surface area contributed by atoms with Crippen LogP contribution in [0.5, 0.6) is 11.5 Å². The number of alkyl halides is 6. The topological polar surface area (TPSA) is 98.7 Å². The molecule has 6 nitrogen and oxygen atoms in total. The third-order valence-electron chi connectivity index (χ3n) is 5.76. The second-order valence-corrected chi connectivity index (χ2v) is 8.05. The molecule has 0 spiro atoms. The zero-order chi connectivity index (χ0) is 27.8. The molecule has 12 heteroatoms. The lowest BCUT2D eigenvalue weighted by atomic mass is 9.72. The van der Waals surface area contributed by atoms with Gasteiger partial charge >= 0.3 is 12.4 Å². The summed E-state index contributed by atoms with van der Waals surface area (Å²) in [5.74, 6) is -2.73. The Labute approximate surface area is 206 Å². The number of phenolic OH excluding ortho intramolecular Hbond substituents is 2. The molecule has 3 rings (SSSR count). The highest BCUT2D eigenvalue weighted by Gasteiger charge is 2.72. The maximum atomic E-state index is 14.5. The molecule has 37 heavy (non-hydrogen) atoms. The van der Waals surface area contributed by atoms with E-state index in [0.717, 1.165) is 0 Å². The van der Waals surface area contributed by atoms with Crippen LogP contribution in [0.2, 0.25) is 0 Å². The third-order valence-corrected chi connectivity index (χ3v) is 5.76. The third kappa shape index (κ3) is 4.91. The summed E-state index contributed by atoms with van der Waals surface area (Å²) in [6.45, 7) is 1.24. The number of ketones is 1. The van der Waals surface area contributed by atoms with Gasteiger partial charge in [0, 0.05) is 18.2 Å². The molecule has 0 aliphatic heterocycles. The van der Waals surface area contributed by atoms with Crippen molar-refractivity contribution in [3.63, 3.8) is 0 Å². The molecule has 0 unspecified atom stereocenters. The van der Waals surface area contributed by atoms with Gasteiger partial charge in [-0.15, -0.1) is 0 Å². The largest absolute Gasteiger partial charge is 0.506 e. The van der Waals surface area contributed by atoms with Crippen LogP contribution < -0.4 is 10.6 Å². The maximum Gasteiger partial charge on any atom is 0.411 e. The smallest absolute Gasteiger partial charge is 0.411 e. The predicted octanol–water partition coefficient (Wildman–Crippen LogP) is 6.01. The second kappa shape index (κ2) is 9.68. The molecule has 0 aliphatic carbocycles. The van der Waals surface area contributed by atoms with Crippen molar-refractivity contribution in [3.8, 4) is 11.5 Å². The van der Waals surface area contributed by atoms with E-state index in [0.29, 0.717) is 36.4 Å². The molecule has 3 aromatic carbocycles. The number of Topliss-reactive ketones (excluding diaryl/α,β-unsaturated/α-hetero) is 1. The predicted molar refractivity (Wildman–Crippen MR) is 123 cm³/mol. The molecule has 0 saturated heterocycles. The second-order valence-electron chi connectivity index (χ2n) is 8.05. The van der Waals surface area contributed by atoms with Crippen molar-refractivity contribution in [1.82, 2.24) is 0 Å². The number of nitrogens with one attached hydrogen (secondary N) is 2. The van der Waals surface area contributed by atoms with Gasteiger partial charge in [-0.25, -0.2) is 0 Å². The van der Waals surface area contributed by atoms with E-state index in [9.17, 15) is 46.1 Å². The Kier molecular flexibility index (Phi) is 7.16. The first-order chi connectivity index (χ1) is 17.1. The molecule has 0 heterocycles. The number of anilines is 2. The summed E-state index contributed by atoms with van der Waals surface area (Å²) in [7, 11) is 1.21. The Bertz CT molecular complexity index is 1340. The van der Waals surface area contributed by atoms with E-state index in [-0.39, 0.29) is 22.6 Å². The Morgan fingerprint density at radius 1 is 0.730 bits per heavy atom. The summed E-state index contributed by atoms with van der Waals surface area (Å²) in [4.78, 5) is 24.2. The first kappa shape index (κ1) is 27.4. The Morgan fingerprint density at radius 3 is 1.70 bits per heavy atom. The molecule has 0 radical (unpaired) electrons. The molecule has 0 fully saturated rings. The maximum absolute atomic E-state index is 14.5. The number of phenols is 2. The van der Waals surface area contributed by atoms with E-state index in [1.54, 1.807) is 0 Å². The van der Waals surface area contributed by atoms with Crippen molar-refractivity contribution >= 4 is 23.1 Å². The average molecular weight is 526 g/mol. The van der Waals surface area contributed by atoms with E-state index in [2.05, 4.69) is 10.6 Å². The molecular formula is C25H20F6N2O4. The molecule has 1 amide bonds. The van der Waals surface area contributed by atoms with Crippen molar-refractivity contribution in [2.24, 2.45) is 0 Å². The Morgan fingerprint density at radius 2 is 1.22 bits per heavy atom. The summed E-state index contributed by atoms with van der Waals surface area (Å²) in [5, 5.41) is 24.4. The number of hydrogen-bond donors (Lipinski definition) is 4. The van der Waals surface area contributed by atoms with Crippen LogP contribution in [0, 0.1) is 0 Å². The zero-order valence-corrected chi connectivity index (χ0v) is 19.3. The highest BCUT2D eigenvalue weighted by atomic mass is 19.4. The fourth-order valence-corrected chi connectivity index (χ4v) is 3.89. The number of carbonyl (C=O) groups is 2. The quantitative estimate of drug-likeness (QED) is 0.179. The fourth-order valence-electron chi connectivity index (χ4n) is 3.89. The van der Waals surface area contributed by atoms with Crippen LogP contribution in [0.25, 0.3) is 0 Å². The van der Waals surface area contributed by atoms with Crippen LogP contribution in [0.1, 0.15) is 38.8 Å². The first-order valence-corrected chi connectivity index (χ1v) is 10.5. The molecule has 0 bridgehead atoms. The molecule has 0 aromatic heterocycles. The van der Waals surface area contributed by atoms with Gasteiger partial charge in [-0.1, -0.05) is 24.3 Å². The van der Waals surface area contributed by atoms with Gasteiger partial charge < -0.3 is 20.8 Å². The lowest BCUT2D eigenvalue weighted by molar-refractivity contribution is -0.288. The van der Waals surface area contributed by atoms with Crippen LogP contribution in [-0.4, -0.2) is 41.3 Å². The molecule has 0 atom stereocenters. The fraction of sp³-hybridized carbons (Fsp3) is 0.200. The van der Waals surface area contributed by atoms with Gasteiger partial charge in [-0.05, 0) is 54.4 Å². The first-order valence-electron chi connectivity index (χ1n) is 10.5. The van der Waals surface area contributed by atoms with Crippen molar-refractivity contribution in [1.29, 1.82) is 0 Å². The molecule has 3 aromatic rings. The minimum atomic E-state index is -5.94. The Balaban J connectivity index is 2.22. The van der Waals surface area contributed by atoms with Crippen LogP contribution >= 0.6 is 0 Å². The van der Waals surface area contributed by atoms with Gasteiger partial charge in [-0.2, -0.15) is 26.3 Å². The number of amides is 1. The monoisotopic (exact) mass is 526 g/mol. The number of rotatable bonds is 6.